The first-order valence-electron chi connectivity index (χ1n) is 9.56. The maximum absolute atomic E-state index is 11.7. The molecule has 10 nitrogen and oxygen atoms in total. The Morgan fingerprint density at radius 2 is 1.77 bits per heavy atom. The first kappa shape index (κ1) is 20.1. The summed E-state index contributed by atoms with van der Waals surface area (Å²) in [7, 11) is -3.27. The van der Waals surface area contributed by atoms with Crippen LogP contribution in [-0.4, -0.2) is 57.7 Å². The van der Waals surface area contributed by atoms with Crippen molar-refractivity contribution in [1.29, 1.82) is 0 Å². The van der Waals surface area contributed by atoms with Gasteiger partial charge >= 0.3 is 6.09 Å². The number of benzene rings is 1. The molecule has 1 aliphatic carbocycles. The van der Waals surface area contributed by atoms with Gasteiger partial charge in [-0.3, -0.25) is 0 Å². The third-order valence-electron chi connectivity index (χ3n) is 5.27. The molecule has 0 aliphatic heterocycles. The van der Waals surface area contributed by atoms with Crippen LogP contribution in [0.2, 0.25) is 0 Å². The number of nitrogens with zero attached hydrogens (tertiary/aromatic N) is 4. The van der Waals surface area contributed by atoms with Crippen molar-refractivity contribution in [1.82, 2.24) is 25.1 Å². The lowest BCUT2D eigenvalue weighted by Crippen LogP contribution is -2.39. The second-order valence-electron chi connectivity index (χ2n) is 7.42. The van der Waals surface area contributed by atoms with E-state index in [1.807, 2.05) is 0 Å². The van der Waals surface area contributed by atoms with Gasteiger partial charge in [-0.25, -0.2) is 27.9 Å². The summed E-state index contributed by atoms with van der Waals surface area (Å²) >= 11 is 0. The fourth-order valence-corrected chi connectivity index (χ4v) is 4.36. The van der Waals surface area contributed by atoms with Crippen LogP contribution in [-0.2, 0) is 9.84 Å². The molecule has 1 aliphatic rings. The lowest BCUT2D eigenvalue weighted by Gasteiger charge is -2.29. The second kappa shape index (κ2) is 7.90. The van der Waals surface area contributed by atoms with Crippen molar-refractivity contribution in [2.24, 2.45) is 0 Å². The molecule has 11 heteroatoms. The van der Waals surface area contributed by atoms with Crippen molar-refractivity contribution in [2.75, 3.05) is 11.6 Å². The van der Waals surface area contributed by atoms with Gasteiger partial charge in [0.1, 0.15) is 12.1 Å². The van der Waals surface area contributed by atoms with Crippen molar-refractivity contribution in [3.63, 3.8) is 0 Å². The van der Waals surface area contributed by atoms with Gasteiger partial charge in [-0.2, -0.15) is 5.10 Å². The summed E-state index contributed by atoms with van der Waals surface area (Å²) in [6.07, 6.45) is 6.52. The van der Waals surface area contributed by atoms with Crippen LogP contribution in [0.15, 0.2) is 41.7 Å². The highest BCUT2D eigenvalue weighted by Gasteiger charge is 2.23. The van der Waals surface area contributed by atoms with E-state index in [-0.39, 0.29) is 17.0 Å². The van der Waals surface area contributed by atoms with E-state index < -0.39 is 15.9 Å². The summed E-state index contributed by atoms with van der Waals surface area (Å²) in [5, 5.41) is 20.0. The smallest absolute Gasteiger partial charge is 0.404 e. The topological polar surface area (TPSA) is 139 Å². The highest BCUT2D eigenvalue weighted by molar-refractivity contribution is 7.90. The zero-order valence-electron chi connectivity index (χ0n) is 16.3. The molecule has 3 aromatic rings. The van der Waals surface area contributed by atoms with E-state index in [9.17, 15) is 13.2 Å². The van der Waals surface area contributed by atoms with Crippen molar-refractivity contribution in [3.05, 3.63) is 36.8 Å². The number of aromatic nitrogens is 4. The first-order chi connectivity index (χ1) is 14.3. The summed E-state index contributed by atoms with van der Waals surface area (Å²) in [5.74, 6) is 0.675. The van der Waals surface area contributed by atoms with Crippen LogP contribution >= 0.6 is 0 Å². The number of carboxylic acid groups (broad SMARTS) is 1. The van der Waals surface area contributed by atoms with Gasteiger partial charge in [-0.1, -0.05) is 0 Å². The number of rotatable bonds is 5. The standard InChI is InChI=1S/C19H22N6O4S/c1-30(28,29)15-8-6-14(7-9-15)25-18-16(10-22-25)17(20-11-21-18)23-12-2-4-13(5-3-12)24-19(26)27/h6-13,24H,2-5H2,1H3,(H,26,27)(H,20,21,23). The van der Waals surface area contributed by atoms with Gasteiger partial charge in [0.2, 0.25) is 0 Å². The van der Waals surface area contributed by atoms with Crippen LogP contribution in [0.1, 0.15) is 25.7 Å². The van der Waals surface area contributed by atoms with Gasteiger partial charge in [0.05, 0.1) is 22.2 Å². The third kappa shape index (κ3) is 4.20. The van der Waals surface area contributed by atoms with Crippen LogP contribution in [0, 0.1) is 0 Å². The summed E-state index contributed by atoms with van der Waals surface area (Å²) in [6, 6.07) is 6.64. The molecule has 4 rings (SSSR count). The molecule has 0 radical (unpaired) electrons. The van der Waals surface area contributed by atoms with Gasteiger partial charge in [-0.15, -0.1) is 0 Å². The number of hydrogen-bond acceptors (Lipinski definition) is 7. The molecule has 0 atom stereocenters. The zero-order chi connectivity index (χ0) is 21.3. The highest BCUT2D eigenvalue weighted by Crippen LogP contribution is 2.26. The quantitative estimate of drug-likeness (QED) is 0.560. The Balaban J connectivity index is 1.53. The van der Waals surface area contributed by atoms with E-state index in [1.54, 1.807) is 35.1 Å². The Morgan fingerprint density at radius 3 is 2.40 bits per heavy atom. The van der Waals surface area contributed by atoms with Crippen LogP contribution in [0.4, 0.5) is 10.6 Å². The van der Waals surface area contributed by atoms with Crippen LogP contribution in [0.25, 0.3) is 16.7 Å². The summed E-state index contributed by atoms with van der Waals surface area (Å²) in [6.45, 7) is 0. The molecule has 1 saturated carbocycles. The molecule has 2 heterocycles. The van der Waals surface area contributed by atoms with E-state index in [2.05, 4.69) is 25.7 Å². The number of fused-ring (bicyclic) bond motifs is 1. The normalized spacial score (nSPS) is 19.5. The Bertz CT molecular complexity index is 1170. The minimum atomic E-state index is -3.27. The van der Waals surface area contributed by atoms with Crippen molar-refractivity contribution < 1.29 is 18.3 Å². The van der Waals surface area contributed by atoms with Crippen molar-refractivity contribution in [2.45, 2.75) is 42.7 Å². The molecule has 2 aromatic heterocycles. The predicted octanol–water partition coefficient (Wildman–Crippen LogP) is 2.21. The highest BCUT2D eigenvalue weighted by atomic mass is 32.2. The Hall–Kier alpha value is -3.21. The van der Waals surface area contributed by atoms with E-state index >= 15 is 0 Å². The van der Waals surface area contributed by atoms with Gasteiger partial charge in [0.15, 0.2) is 15.5 Å². The molecule has 0 bridgehead atoms. The fourth-order valence-electron chi connectivity index (χ4n) is 3.73. The predicted molar refractivity (Wildman–Crippen MR) is 111 cm³/mol. The molecule has 1 amide bonds. The molecule has 0 unspecified atom stereocenters. The first-order valence-corrected chi connectivity index (χ1v) is 11.5. The molecule has 0 spiro atoms. The molecule has 3 N–H and O–H groups in total. The maximum Gasteiger partial charge on any atom is 0.404 e. The number of hydrogen-bond donors (Lipinski definition) is 3. The molecular formula is C19H22N6O4S. The molecule has 1 fully saturated rings. The van der Waals surface area contributed by atoms with Gasteiger partial charge in [0, 0.05) is 18.3 Å². The monoisotopic (exact) mass is 430 g/mol. The maximum atomic E-state index is 11.7. The summed E-state index contributed by atoms with van der Waals surface area (Å²) in [5.41, 5.74) is 1.31. The zero-order valence-corrected chi connectivity index (χ0v) is 17.1. The SMILES string of the molecule is CS(=O)(=O)c1ccc(-n2ncc3c(NC4CCC(NC(=O)O)CC4)ncnc32)cc1. The van der Waals surface area contributed by atoms with E-state index in [0.29, 0.717) is 17.2 Å². The Morgan fingerprint density at radius 1 is 1.10 bits per heavy atom. The lowest BCUT2D eigenvalue weighted by atomic mass is 9.91. The molecular weight excluding hydrogens is 408 g/mol. The minimum Gasteiger partial charge on any atom is -0.465 e. The largest absolute Gasteiger partial charge is 0.465 e. The van der Waals surface area contributed by atoms with E-state index in [1.165, 1.54) is 12.6 Å². The van der Waals surface area contributed by atoms with Crippen LogP contribution in [0.3, 0.4) is 0 Å². The minimum absolute atomic E-state index is 0.0105. The molecule has 30 heavy (non-hydrogen) atoms. The number of nitrogens with one attached hydrogen (secondary N) is 2. The Kier molecular flexibility index (Phi) is 5.29. The van der Waals surface area contributed by atoms with Crippen molar-refractivity contribution in [3.8, 4) is 5.69 Å². The third-order valence-corrected chi connectivity index (χ3v) is 6.40. The number of carbonyl (C=O) groups is 1. The van der Waals surface area contributed by atoms with Crippen molar-refractivity contribution >= 4 is 32.8 Å². The average Bonchev–Trinajstić information content (AvgIpc) is 3.14. The number of sulfone groups is 1. The van der Waals surface area contributed by atoms with Crippen LogP contribution < -0.4 is 10.6 Å². The average molecular weight is 430 g/mol. The molecule has 158 valence electrons. The molecule has 1 aromatic carbocycles. The van der Waals surface area contributed by atoms with Crippen LogP contribution in [0.5, 0.6) is 0 Å². The van der Waals surface area contributed by atoms with E-state index in [4.69, 9.17) is 5.11 Å². The lowest BCUT2D eigenvalue weighted by molar-refractivity contribution is 0.185. The molecule has 0 saturated heterocycles. The second-order valence-corrected chi connectivity index (χ2v) is 9.44. The summed E-state index contributed by atoms with van der Waals surface area (Å²) in [4.78, 5) is 19.7. The van der Waals surface area contributed by atoms with E-state index in [0.717, 1.165) is 31.1 Å². The fraction of sp³-hybridized carbons (Fsp3) is 0.368. The summed E-state index contributed by atoms with van der Waals surface area (Å²) < 4.78 is 25.0. The number of amides is 1. The van der Waals surface area contributed by atoms with Gasteiger partial charge in [-0.05, 0) is 49.9 Å². The Labute approximate surface area is 173 Å². The number of anilines is 1. The van der Waals surface area contributed by atoms with Gasteiger partial charge < -0.3 is 15.7 Å². The van der Waals surface area contributed by atoms with Gasteiger partial charge in [0.25, 0.3) is 0 Å².